The Bertz CT molecular complexity index is 684. The number of benzene rings is 2. The van der Waals surface area contributed by atoms with Gasteiger partial charge < -0.3 is 16.0 Å². The third kappa shape index (κ3) is 4.85. The third-order valence-corrected chi connectivity index (χ3v) is 3.45. The molecule has 0 aliphatic heterocycles. The maximum Gasteiger partial charge on any atom is 0.319 e. The van der Waals surface area contributed by atoms with Gasteiger partial charge in [-0.2, -0.15) is 0 Å². The summed E-state index contributed by atoms with van der Waals surface area (Å²) < 4.78 is 0. The molecule has 0 atom stereocenters. The van der Waals surface area contributed by atoms with Gasteiger partial charge in [-0.25, -0.2) is 4.79 Å². The van der Waals surface area contributed by atoms with E-state index in [1.54, 1.807) is 12.1 Å². The molecule has 2 rings (SSSR count). The van der Waals surface area contributed by atoms with Crippen LogP contribution in [0.15, 0.2) is 48.5 Å². The van der Waals surface area contributed by atoms with E-state index in [4.69, 9.17) is 0 Å². The maximum absolute atomic E-state index is 12.0. The van der Waals surface area contributed by atoms with Gasteiger partial charge in [-0.15, -0.1) is 0 Å². The number of rotatable bonds is 5. The monoisotopic (exact) mass is 311 g/mol. The molecule has 0 aliphatic rings. The smallest absolute Gasteiger partial charge is 0.319 e. The van der Waals surface area contributed by atoms with Crippen molar-refractivity contribution in [1.82, 2.24) is 5.32 Å². The van der Waals surface area contributed by atoms with Crippen LogP contribution in [0.4, 0.5) is 16.2 Å². The van der Waals surface area contributed by atoms with Crippen molar-refractivity contribution in [3.8, 4) is 0 Å². The van der Waals surface area contributed by atoms with Crippen molar-refractivity contribution in [3.05, 3.63) is 59.7 Å². The molecule has 5 nitrogen and oxygen atoms in total. The molecule has 0 saturated carbocycles. The average molecular weight is 311 g/mol. The zero-order chi connectivity index (χ0) is 16.7. The molecule has 0 spiro atoms. The maximum atomic E-state index is 12.0. The fraction of sp³-hybridized carbons (Fsp3) is 0.222. The molecule has 0 fully saturated rings. The summed E-state index contributed by atoms with van der Waals surface area (Å²) >= 11 is 0. The van der Waals surface area contributed by atoms with Crippen molar-refractivity contribution in [1.29, 1.82) is 0 Å². The topological polar surface area (TPSA) is 70.2 Å². The summed E-state index contributed by atoms with van der Waals surface area (Å²) in [5.74, 6) is -0.253. The average Bonchev–Trinajstić information content (AvgIpc) is 2.56. The Balaban J connectivity index is 1.87. The van der Waals surface area contributed by atoms with Gasteiger partial charge in [0.05, 0.1) is 6.54 Å². The summed E-state index contributed by atoms with van der Waals surface area (Å²) in [5.41, 5.74) is 3.58. The van der Waals surface area contributed by atoms with Gasteiger partial charge in [0.25, 0.3) is 0 Å². The summed E-state index contributed by atoms with van der Waals surface area (Å²) in [6.45, 7) is 3.90. The van der Waals surface area contributed by atoms with Crippen LogP contribution in [0.5, 0.6) is 0 Å². The molecule has 3 amide bonds. The standard InChI is InChI=1S/C18H21N3O2/c1-3-14-9-7-8-13(2)17(14)21-16(22)12-19-18(23)20-15-10-5-4-6-11-15/h4-11H,3,12H2,1-2H3,(H,21,22)(H2,19,20,23). The lowest BCUT2D eigenvalue weighted by Gasteiger charge is -2.13. The van der Waals surface area contributed by atoms with Crippen LogP contribution in [0, 0.1) is 6.92 Å². The molecule has 3 N–H and O–H groups in total. The zero-order valence-corrected chi connectivity index (χ0v) is 13.3. The van der Waals surface area contributed by atoms with Crippen LogP contribution in [0.25, 0.3) is 0 Å². The lowest BCUT2D eigenvalue weighted by molar-refractivity contribution is -0.115. The first-order valence-electron chi connectivity index (χ1n) is 7.58. The minimum absolute atomic E-state index is 0.0871. The second-order valence-electron chi connectivity index (χ2n) is 5.18. The number of hydrogen-bond acceptors (Lipinski definition) is 2. The predicted octanol–water partition coefficient (Wildman–Crippen LogP) is 3.32. The number of amides is 3. The molecule has 0 heterocycles. The van der Waals surface area contributed by atoms with Crippen LogP contribution >= 0.6 is 0 Å². The van der Waals surface area contributed by atoms with Gasteiger partial charge >= 0.3 is 6.03 Å². The van der Waals surface area contributed by atoms with Crippen LogP contribution in [-0.2, 0) is 11.2 Å². The number of hydrogen-bond donors (Lipinski definition) is 3. The van der Waals surface area contributed by atoms with E-state index in [1.165, 1.54) is 0 Å². The van der Waals surface area contributed by atoms with Crippen LogP contribution < -0.4 is 16.0 Å². The predicted molar refractivity (Wildman–Crippen MR) is 92.7 cm³/mol. The third-order valence-electron chi connectivity index (χ3n) is 3.45. The minimum Gasteiger partial charge on any atom is -0.329 e. The van der Waals surface area contributed by atoms with Crippen molar-refractivity contribution in [2.45, 2.75) is 20.3 Å². The molecule has 2 aromatic rings. The highest BCUT2D eigenvalue weighted by atomic mass is 16.2. The van der Waals surface area contributed by atoms with Gasteiger partial charge in [0.1, 0.15) is 0 Å². The number of aryl methyl sites for hydroxylation is 2. The van der Waals surface area contributed by atoms with E-state index < -0.39 is 6.03 Å². The van der Waals surface area contributed by atoms with Crippen molar-refractivity contribution in [2.24, 2.45) is 0 Å². The molecular formula is C18H21N3O2. The summed E-state index contributed by atoms with van der Waals surface area (Å²) in [5, 5.41) is 8.08. The number of urea groups is 1. The summed E-state index contributed by atoms with van der Waals surface area (Å²) in [6.07, 6.45) is 0.833. The van der Waals surface area contributed by atoms with E-state index in [0.717, 1.165) is 23.2 Å². The largest absolute Gasteiger partial charge is 0.329 e. The van der Waals surface area contributed by atoms with Crippen LogP contribution in [0.3, 0.4) is 0 Å². The molecule has 23 heavy (non-hydrogen) atoms. The molecule has 0 unspecified atom stereocenters. The number of anilines is 2. The van der Waals surface area contributed by atoms with Crippen molar-refractivity contribution in [2.75, 3.05) is 17.2 Å². The van der Waals surface area contributed by atoms with Crippen LogP contribution in [0.1, 0.15) is 18.1 Å². The van der Waals surface area contributed by atoms with Crippen molar-refractivity contribution < 1.29 is 9.59 Å². The second-order valence-corrected chi connectivity index (χ2v) is 5.18. The Morgan fingerprint density at radius 3 is 2.39 bits per heavy atom. The number of carbonyl (C=O) groups is 2. The van der Waals surface area contributed by atoms with Gasteiger partial charge in [-0.05, 0) is 36.6 Å². The summed E-state index contributed by atoms with van der Waals surface area (Å²) in [6, 6.07) is 14.6. The van der Waals surface area contributed by atoms with E-state index >= 15 is 0 Å². The Hall–Kier alpha value is -2.82. The molecule has 0 saturated heterocycles. The Labute approximate surface area is 136 Å². The van der Waals surface area contributed by atoms with E-state index in [2.05, 4.69) is 16.0 Å². The Morgan fingerprint density at radius 1 is 0.957 bits per heavy atom. The first-order chi connectivity index (χ1) is 11.1. The van der Waals surface area contributed by atoms with Crippen LogP contribution in [0.2, 0.25) is 0 Å². The number of carbonyl (C=O) groups excluding carboxylic acids is 2. The number of para-hydroxylation sites is 2. The lowest BCUT2D eigenvalue weighted by atomic mass is 10.1. The number of nitrogens with one attached hydrogen (secondary N) is 3. The minimum atomic E-state index is -0.410. The summed E-state index contributed by atoms with van der Waals surface area (Å²) in [7, 11) is 0. The highest BCUT2D eigenvalue weighted by molar-refractivity contribution is 5.97. The highest BCUT2D eigenvalue weighted by Crippen LogP contribution is 2.20. The fourth-order valence-corrected chi connectivity index (χ4v) is 2.24. The van der Waals surface area contributed by atoms with E-state index in [9.17, 15) is 9.59 Å². The molecule has 0 aromatic heterocycles. The van der Waals surface area contributed by atoms with Gasteiger partial charge in [0, 0.05) is 11.4 Å². The molecule has 120 valence electrons. The van der Waals surface area contributed by atoms with Gasteiger partial charge in [-0.3, -0.25) is 4.79 Å². The lowest BCUT2D eigenvalue weighted by Crippen LogP contribution is -2.36. The molecule has 0 aliphatic carbocycles. The molecule has 2 aromatic carbocycles. The van der Waals surface area contributed by atoms with Crippen LogP contribution in [-0.4, -0.2) is 18.5 Å². The van der Waals surface area contributed by atoms with E-state index in [0.29, 0.717) is 5.69 Å². The van der Waals surface area contributed by atoms with E-state index in [-0.39, 0.29) is 12.5 Å². The SMILES string of the molecule is CCc1cccc(C)c1NC(=O)CNC(=O)Nc1ccccc1. The second kappa shape index (κ2) is 7.98. The Kier molecular flexibility index (Phi) is 5.74. The molecule has 5 heteroatoms. The first kappa shape index (κ1) is 16.5. The molecule has 0 bridgehead atoms. The Morgan fingerprint density at radius 2 is 1.70 bits per heavy atom. The van der Waals surface area contributed by atoms with Crippen molar-refractivity contribution in [3.63, 3.8) is 0 Å². The van der Waals surface area contributed by atoms with Gasteiger partial charge in [0.15, 0.2) is 0 Å². The molecular weight excluding hydrogens is 290 g/mol. The van der Waals surface area contributed by atoms with Crippen molar-refractivity contribution >= 4 is 23.3 Å². The zero-order valence-electron chi connectivity index (χ0n) is 13.3. The quantitative estimate of drug-likeness (QED) is 0.793. The van der Waals surface area contributed by atoms with Gasteiger partial charge in [0.2, 0.25) is 5.91 Å². The fourth-order valence-electron chi connectivity index (χ4n) is 2.24. The molecule has 0 radical (unpaired) electrons. The highest BCUT2D eigenvalue weighted by Gasteiger charge is 2.10. The van der Waals surface area contributed by atoms with E-state index in [1.807, 2.05) is 50.2 Å². The first-order valence-corrected chi connectivity index (χ1v) is 7.58. The van der Waals surface area contributed by atoms with Gasteiger partial charge in [-0.1, -0.05) is 43.3 Å². The normalized spacial score (nSPS) is 10.0. The summed E-state index contributed by atoms with van der Waals surface area (Å²) in [4.78, 5) is 23.8.